The van der Waals surface area contributed by atoms with Gasteiger partial charge in [0.05, 0.1) is 21.0 Å². The van der Waals surface area contributed by atoms with Crippen LogP contribution < -0.4 is 0 Å². The summed E-state index contributed by atoms with van der Waals surface area (Å²) in [6.07, 6.45) is 4.25. The number of hydrogen-bond acceptors (Lipinski definition) is 8. The highest BCUT2D eigenvalue weighted by Gasteiger charge is 2.30. The Morgan fingerprint density at radius 3 is 1.25 bits per heavy atom. The Balaban J connectivity index is 1.54. The van der Waals surface area contributed by atoms with Crippen LogP contribution in [0.4, 0.5) is 11.4 Å². The van der Waals surface area contributed by atoms with Gasteiger partial charge in [-0.1, -0.05) is 24.3 Å². The Hall–Kier alpha value is -4.60. The molecule has 2 atom stereocenters. The number of hydrogen-bond donors (Lipinski definition) is 0. The lowest BCUT2D eigenvalue weighted by Gasteiger charge is -2.27. The molecule has 3 aromatic rings. The molecule has 10 heteroatoms. The monoisotopic (exact) mass is 546 g/mol. The first-order valence-electron chi connectivity index (χ1n) is 13.3. The molecule has 0 saturated heterocycles. The first-order valence-corrected chi connectivity index (χ1v) is 13.3. The fourth-order valence-corrected chi connectivity index (χ4v) is 4.71. The number of nitrogens with zero attached hydrogens (tertiary/aromatic N) is 2. The molecule has 40 heavy (non-hydrogen) atoms. The van der Waals surface area contributed by atoms with E-state index < -0.39 is 34.0 Å². The van der Waals surface area contributed by atoms with Crippen molar-refractivity contribution in [3.05, 3.63) is 115 Å². The number of benzene rings is 3. The number of aryl methyl sites for hydroxylation is 2. The minimum absolute atomic E-state index is 0.141. The molecule has 0 fully saturated rings. The number of carbonyl (C=O) groups excluding carboxylic acids is 2. The van der Waals surface area contributed by atoms with E-state index in [9.17, 15) is 29.8 Å². The molecule has 0 amide bonds. The third kappa shape index (κ3) is 7.72. The highest BCUT2D eigenvalue weighted by Crippen LogP contribution is 2.24. The molecule has 0 heterocycles. The van der Waals surface area contributed by atoms with Gasteiger partial charge in [0.2, 0.25) is 0 Å². The number of non-ortho nitro benzene ring substituents is 2. The number of rotatable bonds is 6. The first kappa shape index (κ1) is 28.4. The van der Waals surface area contributed by atoms with Crippen LogP contribution in [0.1, 0.15) is 70.4 Å². The Morgan fingerprint density at radius 1 is 0.575 bits per heavy atom. The quantitative estimate of drug-likeness (QED) is 0.197. The Labute approximate surface area is 231 Å². The fraction of sp³-hybridized carbons (Fsp3) is 0.333. The van der Waals surface area contributed by atoms with E-state index in [2.05, 4.69) is 24.3 Å². The van der Waals surface area contributed by atoms with Crippen molar-refractivity contribution in [3.8, 4) is 0 Å². The van der Waals surface area contributed by atoms with Crippen molar-refractivity contribution in [2.24, 2.45) is 0 Å². The van der Waals surface area contributed by atoms with Crippen molar-refractivity contribution >= 4 is 23.3 Å². The average Bonchev–Trinajstić information content (AvgIpc) is 2.96. The van der Waals surface area contributed by atoms with Crippen molar-refractivity contribution in [1.29, 1.82) is 0 Å². The maximum atomic E-state index is 13.1. The summed E-state index contributed by atoms with van der Waals surface area (Å²) < 4.78 is 11.8. The normalized spacial score (nSPS) is 17.8. The van der Waals surface area contributed by atoms with Crippen LogP contribution in [0.25, 0.3) is 0 Å². The lowest BCUT2D eigenvalue weighted by atomic mass is 9.96. The number of carbonyl (C=O) groups is 2. The van der Waals surface area contributed by atoms with Crippen LogP contribution in [-0.4, -0.2) is 34.0 Å². The molecule has 0 spiro atoms. The minimum Gasteiger partial charge on any atom is -0.455 e. The molecule has 2 aliphatic carbocycles. The van der Waals surface area contributed by atoms with Crippen LogP contribution in [0.15, 0.2) is 72.8 Å². The molecule has 0 aromatic heterocycles. The minimum atomic E-state index is -0.742. The molecule has 0 unspecified atom stereocenters. The molecule has 0 radical (unpaired) electrons. The van der Waals surface area contributed by atoms with E-state index in [4.69, 9.17) is 9.47 Å². The van der Waals surface area contributed by atoms with Crippen molar-refractivity contribution in [3.63, 3.8) is 0 Å². The molecule has 0 N–H and O–H groups in total. The van der Waals surface area contributed by atoms with Gasteiger partial charge in [0, 0.05) is 24.3 Å². The zero-order valence-electron chi connectivity index (χ0n) is 21.9. The molecule has 0 saturated carbocycles. The van der Waals surface area contributed by atoms with Gasteiger partial charge in [-0.05, 0) is 86.8 Å². The van der Waals surface area contributed by atoms with Gasteiger partial charge in [0.1, 0.15) is 12.2 Å². The molecule has 0 aliphatic heterocycles. The smallest absolute Gasteiger partial charge is 0.338 e. The number of nitro benzene ring substituents is 2. The van der Waals surface area contributed by atoms with E-state index in [0.717, 1.165) is 25.7 Å². The fourth-order valence-electron chi connectivity index (χ4n) is 4.71. The molecule has 10 nitrogen and oxygen atoms in total. The molecule has 5 rings (SSSR count). The lowest BCUT2D eigenvalue weighted by molar-refractivity contribution is -0.385. The SMILES string of the molecule is O=C(O[C@@H]1CCCCc2ccc(cc2)CCCC[C@H]1OC(=O)c1ccc([N+](=O)[O-])cc1)c1ccc([N+](=O)[O-])cc1. The van der Waals surface area contributed by atoms with Gasteiger partial charge >= 0.3 is 11.9 Å². The molecular formula is C30H30N2O8. The molecular weight excluding hydrogens is 516 g/mol. The van der Waals surface area contributed by atoms with Gasteiger partial charge < -0.3 is 9.47 Å². The van der Waals surface area contributed by atoms with E-state index in [1.165, 1.54) is 59.7 Å². The van der Waals surface area contributed by atoms with Gasteiger partial charge in [-0.2, -0.15) is 0 Å². The summed E-state index contributed by atoms with van der Waals surface area (Å²) in [6, 6.07) is 18.9. The number of ether oxygens (including phenoxy) is 2. The maximum absolute atomic E-state index is 13.1. The molecule has 2 aliphatic rings. The first-order chi connectivity index (χ1) is 19.3. The summed E-state index contributed by atoms with van der Waals surface area (Å²) >= 11 is 0. The number of fused-ring (bicyclic) bond motifs is 11. The Kier molecular flexibility index (Phi) is 9.56. The maximum Gasteiger partial charge on any atom is 0.338 e. The van der Waals surface area contributed by atoms with E-state index in [-0.39, 0.29) is 22.5 Å². The highest BCUT2D eigenvalue weighted by molar-refractivity contribution is 5.90. The topological polar surface area (TPSA) is 139 Å². The largest absolute Gasteiger partial charge is 0.455 e. The van der Waals surface area contributed by atoms with E-state index >= 15 is 0 Å². The second-order valence-corrected chi connectivity index (χ2v) is 9.80. The van der Waals surface area contributed by atoms with Gasteiger partial charge in [0.25, 0.3) is 11.4 Å². The molecule has 3 aromatic carbocycles. The molecule has 208 valence electrons. The summed E-state index contributed by atoms with van der Waals surface area (Å²) in [5, 5.41) is 22.0. The second kappa shape index (κ2) is 13.5. The summed E-state index contributed by atoms with van der Waals surface area (Å²) in [7, 11) is 0. The Morgan fingerprint density at radius 2 is 0.925 bits per heavy atom. The number of nitro groups is 2. The lowest BCUT2D eigenvalue weighted by Crippen LogP contribution is -2.35. The highest BCUT2D eigenvalue weighted by atomic mass is 16.6. The summed E-state index contributed by atoms with van der Waals surface area (Å²) in [4.78, 5) is 47.0. The second-order valence-electron chi connectivity index (χ2n) is 9.80. The zero-order valence-corrected chi connectivity index (χ0v) is 21.9. The Bertz CT molecular complexity index is 1230. The predicted octanol–water partition coefficient (Wildman–Crippen LogP) is 6.39. The van der Waals surface area contributed by atoms with Crippen LogP contribution in [0, 0.1) is 20.2 Å². The van der Waals surface area contributed by atoms with Crippen LogP contribution in [-0.2, 0) is 22.3 Å². The van der Waals surface area contributed by atoms with Gasteiger partial charge in [-0.25, -0.2) is 9.59 Å². The van der Waals surface area contributed by atoms with Crippen LogP contribution in [0.3, 0.4) is 0 Å². The average molecular weight is 547 g/mol. The van der Waals surface area contributed by atoms with Crippen LogP contribution in [0.2, 0.25) is 0 Å². The van der Waals surface area contributed by atoms with E-state index in [1.807, 2.05) is 0 Å². The third-order valence-corrected chi connectivity index (χ3v) is 6.99. The summed E-state index contributed by atoms with van der Waals surface area (Å²) in [5.74, 6) is -1.32. The van der Waals surface area contributed by atoms with Crippen LogP contribution in [0.5, 0.6) is 0 Å². The van der Waals surface area contributed by atoms with Gasteiger partial charge in [-0.3, -0.25) is 20.2 Å². The van der Waals surface area contributed by atoms with Gasteiger partial charge in [-0.15, -0.1) is 0 Å². The molecule has 2 bridgehead atoms. The third-order valence-electron chi connectivity index (χ3n) is 6.99. The van der Waals surface area contributed by atoms with E-state index in [0.29, 0.717) is 25.7 Å². The van der Waals surface area contributed by atoms with Crippen molar-refractivity contribution in [1.82, 2.24) is 0 Å². The van der Waals surface area contributed by atoms with E-state index in [1.54, 1.807) is 0 Å². The van der Waals surface area contributed by atoms with Crippen molar-refractivity contribution in [2.75, 3.05) is 0 Å². The summed E-state index contributed by atoms with van der Waals surface area (Å²) in [5.41, 5.74) is 2.48. The van der Waals surface area contributed by atoms with Crippen molar-refractivity contribution in [2.45, 2.75) is 63.6 Å². The predicted molar refractivity (Wildman–Crippen MR) is 146 cm³/mol. The van der Waals surface area contributed by atoms with Crippen molar-refractivity contribution < 1.29 is 28.9 Å². The van der Waals surface area contributed by atoms with Crippen LogP contribution >= 0.6 is 0 Å². The summed E-state index contributed by atoms with van der Waals surface area (Å²) in [6.45, 7) is 0. The number of esters is 2. The standard InChI is InChI=1S/C30H30N2O8/c33-29(23-13-17-25(18-14-23)31(35)36)39-27-7-3-1-5-21-9-11-22(12-10-21)6-2-4-8-28(27)40-30(34)24-15-19-26(20-16-24)32(37)38/h9-20,27-28H,1-8H2/t27-,28-/m1/s1. The van der Waals surface area contributed by atoms with Gasteiger partial charge in [0.15, 0.2) is 0 Å². The zero-order chi connectivity index (χ0) is 28.5.